The van der Waals surface area contributed by atoms with Crippen molar-refractivity contribution in [1.29, 1.82) is 0 Å². The van der Waals surface area contributed by atoms with Crippen molar-refractivity contribution in [3.05, 3.63) is 58.7 Å². The maximum absolute atomic E-state index is 5.97. The van der Waals surface area contributed by atoms with Gasteiger partial charge in [-0.05, 0) is 36.4 Å². The number of hydrogen-bond acceptors (Lipinski definition) is 4. The molecule has 0 aliphatic heterocycles. The topological polar surface area (TPSA) is 54.2 Å². The fraction of sp³-hybridized carbons (Fsp3) is 0.214. The summed E-state index contributed by atoms with van der Waals surface area (Å²) in [6.45, 7) is 1.67. The van der Waals surface area contributed by atoms with Crippen molar-refractivity contribution in [2.45, 2.75) is 13.1 Å². The van der Waals surface area contributed by atoms with Gasteiger partial charge in [-0.15, -0.1) is 0 Å². The van der Waals surface area contributed by atoms with E-state index < -0.39 is 0 Å². The number of pyridine rings is 1. The maximum Gasteiger partial charge on any atom is 0.139 e. The molecule has 0 spiro atoms. The number of nitrogens with one attached hydrogen (secondary N) is 1. The summed E-state index contributed by atoms with van der Waals surface area (Å²) >= 11 is 5.97. The first kappa shape index (κ1) is 13.8. The van der Waals surface area contributed by atoms with Gasteiger partial charge in [0.1, 0.15) is 5.82 Å². The highest BCUT2D eigenvalue weighted by Crippen LogP contribution is 2.13. The van der Waals surface area contributed by atoms with E-state index in [4.69, 9.17) is 17.4 Å². The van der Waals surface area contributed by atoms with Crippen molar-refractivity contribution < 1.29 is 0 Å². The first-order chi connectivity index (χ1) is 9.17. The lowest BCUT2D eigenvalue weighted by Crippen LogP contribution is -2.17. The zero-order chi connectivity index (χ0) is 13.7. The lowest BCUT2D eigenvalue weighted by Gasteiger charge is -2.17. The first-order valence-corrected chi connectivity index (χ1v) is 6.39. The largest absolute Gasteiger partial charge is 0.308 e. The Hall–Kier alpha value is -1.62. The van der Waals surface area contributed by atoms with Gasteiger partial charge >= 0.3 is 0 Å². The zero-order valence-corrected chi connectivity index (χ0v) is 11.6. The fourth-order valence-electron chi connectivity index (χ4n) is 1.92. The van der Waals surface area contributed by atoms with Crippen LogP contribution in [0, 0.1) is 0 Å². The predicted octanol–water partition coefficient (Wildman–Crippen LogP) is 2.65. The van der Waals surface area contributed by atoms with Crippen LogP contribution in [-0.2, 0) is 13.1 Å². The van der Waals surface area contributed by atoms with Gasteiger partial charge in [-0.25, -0.2) is 10.8 Å². The molecule has 4 nitrogen and oxygen atoms in total. The number of nitrogens with two attached hydrogens (primary N) is 1. The predicted molar refractivity (Wildman–Crippen MR) is 78.7 cm³/mol. The quantitative estimate of drug-likeness (QED) is 0.651. The number of anilines is 1. The molecular weight excluding hydrogens is 260 g/mol. The molecule has 0 bridgehead atoms. The molecule has 3 N–H and O–H groups in total. The number of hydrazine groups is 1. The smallest absolute Gasteiger partial charge is 0.139 e. The van der Waals surface area contributed by atoms with Gasteiger partial charge in [0.15, 0.2) is 0 Å². The number of hydrogen-bond donors (Lipinski definition) is 2. The zero-order valence-electron chi connectivity index (χ0n) is 10.8. The molecule has 2 aromatic rings. The summed E-state index contributed by atoms with van der Waals surface area (Å²) < 4.78 is 0. The van der Waals surface area contributed by atoms with Crippen molar-refractivity contribution in [3.8, 4) is 0 Å². The van der Waals surface area contributed by atoms with Crippen LogP contribution in [0.5, 0.6) is 0 Å². The van der Waals surface area contributed by atoms with Crippen LogP contribution < -0.4 is 11.3 Å². The highest BCUT2D eigenvalue weighted by molar-refractivity contribution is 6.30. The molecular formula is C14H17ClN4. The monoisotopic (exact) mass is 276 g/mol. The number of rotatable bonds is 5. The molecule has 0 fully saturated rings. The molecule has 19 heavy (non-hydrogen) atoms. The van der Waals surface area contributed by atoms with Gasteiger partial charge < -0.3 is 5.43 Å². The van der Waals surface area contributed by atoms with E-state index in [1.807, 2.05) is 36.5 Å². The third-order valence-electron chi connectivity index (χ3n) is 2.77. The van der Waals surface area contributed by atoms with Crippen LogP contribution in [0.4, 0.5) is 5.82 Å². The van der Waals surface area contributed by atoms with Crippen LogP contribution in [0.15, 0.2) is 42.6 Å². The van der Waals surface area contributed by atoms with Gasteiger partial charge in [0.2, 0.25) is 0 Å². The van der Waals surface area contributed by atoms with E-state index >= 15 is 0 Å². The summed E-state index contributed by atoms with van der Waals surface area (Å²) in [4.78, 5) is 6.39. The second-order valence-corrected chi connectivity index (χ2v) is 4.93. The van der Waals surface area contributed by atoms with E-state index in [1.54, 1.807) is 0 Å². The fourth-order valence-corrected chi connectivity index (χ4v) is 2.13. The van der Waals surface area contributed by atoms with Crippen LogP contribution in [0.25, 0.3) is 0 Å². The van der Waals surface area contributed by atoms with Crippen molar-refractivity contribution >= 4 is 17.4 Å². The molecule has 5 heteroatoms. The molecule has 1 aromatic heterocycles. The lowest BCUT2D eigenvalue weighted by molar-refractivity contribution is 0.319. The minimum Gasteiger partial charge on any atom is -0.308 e. The Labute approximate surface area is 118 Å². The van der Waals surface area contributed by atoms with E-state index in [-0.39, 0.29) is 0 Å². The summed E-state index contributed by atoms with van der Waals surface area (Å²) in [6.07, 6.45) is 1.82. The molecule has 1 aromatic carbocycles. The van der Waals surface area contributed by atoms with Gasteiger partial charge in [0, 0.05) is 24.3 Å². The van der Waals surface area contributed by atoms with E-state index in [0.29, 0.717) is 5.82 Å². The molecule has 1 heterocycles. The Bertz CT molecular complexity index is 527. The Morgan fingerprint density at radius 3 is 2.63 bits per heavy atom. The summed E-state index contributed by atoms with van der Waals surface area (Å²) in [5, 5.41) is 0.769. The number of benzene rings is 1. The summed E-state index contributed by atoms with van der Waals surface area (Å²) in [5.74, 6) is 5.95. The van der Waals surface area contributed by atoms with Crippen LogP contribution in [-0.4, -0.2) is 16.9 Å². The van der Waals surface area contributed by atoms with Gasteiger partial charge in [-0.3, -0.25) is 4.90 Å². The molecule has 2 rings (SSSR count). The number of nitrogens with zero attached hydrogens (tertiary/aromatic N) is 2. The van der Waals surface area contributed by atoms with E-state index in [9.17, 15) is 0 Å². The third-order valence-corrected chi connectivity index (χ3v) is 3.00. The molecule has 0 amide bonds. The lowest BCUT2D eigenvalue weighted by atomic mass is 10.2. The van der Waals surface area contributed by atoms with Gasteiger partial charge in [-0.1, -0.05) is 29.8 Å². The Kier molecular flexibility index (Phi) is 4.74. The minimum atomic E-state index is 0.668. The van der Waals surface area contributed by atoms with Gasteiger partial charge in [-0.2, -0.15) is 0 Å². The number of halogens is 1. The van der Waals surface area contributed by atoms with Crippen molar-refractivity contribution in [2.24, 2.45) is 5.84 Å². The van der Waals surface area contributed by atoms with Crippen molar-refractivity contribution in [1.82, 2.24) is 9.88 Å². The third kappa shape index (κ3) is 4.21. The normalized spacial score (nSPS) is 10.7. The summed E-state index contributed by atoms with van der Waals surface area (Å²) in [7, 11) is 2.07. The summed E-state index contributed by atoms with van der Waals surface area (Å²) in [6, 6.07) is 11.8. The molecule has 0 aliphatic carbocycles. The standard InChI is InChI=1S/C14H17ClN4/c1-19(9-11-3-2-4-13(15)7-11)10-12-5-6-14(18-16)17-8-12/h2-8H,9-10,16H2,1H3,(H,17,18). The molecule has 0 saturated heterocycles. The Morgan fingerprint density at radius 1 is 1.21 bits per heavy atom. The van der Waals surface area contributed by atoms with Crippen molar-refractivity contribution in [2.75, 3.05) is 12.5 Å². The van der Waals surface area contributed by atoms with E-state index in [2.05, 4.69) is 28.4 Å². The van der Waals surface area contributed by atoms with Gasteiger partial charge in [0.25, 0.3) is 0 Å². The van der Waals surface area contributed by atoms with Crippen LogP contribution in [0.1, 0.15) is 11.1 Å². The molecule has 0 radical (unpaired) electrons. The Balaban J connectivity index is 1.95. The van der Waals surface area contributed by atoms with Gasteiger partial charge in [0.05, 0.1) is 0 Å². The average molecular weight is 277 g/mol. The average Bonchev–Trinajstić information content (AvgIpc) is 2.39. The molecule has 0 atom stereocenters. The summed E-state index contributed by atoms with van der Waals surface area (Å²) in [5.41, 5.74) is 4.85. The van der Waals surface area contributed by atoms with E-state index in [0.717, 1.165) is 23.7 Å². The highest BCUT2D eigenvalue weighted by Gasteiger charge is 2.03. The molecule has 0 saturated carbocycles. The van der Waals surface area contributed by atoms with Crippen LogP contribution >= 0.6 is 11.6 Å². The number of nitrogen functional groups attached to an aromatic ring is 1. The highest BCUT2D eigenvalue weighted by atomic mass is 35.5. The van der Waals surface area contributed by atoms with Crippen molar-refractivity contribution in [3.63, 3.8) is 0 Å². The molecule has 0 aliphatic rings. The molecule has 0 unspecified atom stereocenters. The maximum atomic E-state index is 5.97. The second kappa shape index (κ2) is 6.52. The Morgan fingerprint density at radius 2 is 2.00 bits per heavy atom. The van der Waals surface area contributed by atoms with Crippen LogP contribution in [0.3, 0.4) is 0 Å². The van der Waals surface area contributed by atoms with E-state index in [1.165, 1.54) is 5.56 Å². The number of aromatic nitrogens is 1. The molecule has 100 valence electrons. The first-order valence-electron chi connectivity index (χ1n) is 6.02. The minimum absolute atomic E-state index is 0.668. The SMILES string of the molecule is CN(Cc1ccc(NN)nc1)Cc1cccc(Cl)c1. The van der Waals surface area contributed by atoms with Crippen LogP contribution in [0.2, 0.25) is 5.02 Å². The second-order valence-electron chi connectivity index (χ2n) is 4.50.